The lowest BCUT2D eigenvalue weighted by Crippen LogP contribution is -2.26. The maximum absolute atomic E-state index is 2.41. The summed E-state index contributed by atoms with van der Waals surface area (Å²) in [5.41, 5.74) is 2.83. The molecule has 0 N–H and O–H groups in total. The van der Waals surface area contributed by atoms with Crippen LogP contribution in [0.5, 0.6) is 0 Å². The van der Waals surface area contributed by atoms with Crippen molar-refractivity contribution in [3.63, 3.8) is 0 Å². The fourth-order valence-corrected chi connectivity index (χ4v) is 2.25. The molecule has 1 saturated heterocycles. The summed E-state index contributed by atoms with van der Waals surface area (Å²) in [5.74, 6) is 0. The van der Waals surface area contributed by atoms with Gasteiger partial charge in [-0.05, 0) is 32.1 Å². The van der Waals surface area contributed by atoms with Crippen LogP contribution in [0.25, 0.3) is 0 Å². The maximum Gasteiger partial charge on any atom is 0.0884 e. The summed E-state index contributed by atoms with van der Waals surface area (Å²) in [6, 6.07) is 8.66. The lowest BCUT2D eigenvalue weighted by molar-refractivity contribution is 0.190. The average Bonchev–Trinajstić information content (AvgIpc) is 2.48. The molecule has 0 atom stereocenters. The quantitative estimate of drug-likeness (QED) is 0.667. The number of hydrogen-bond acceptors (Lipinski definition) is 2. The summed E-state index contributed by atoms with van der Waals surface area (Å²) in [7, 11) is 4.39. The summed E-state index contributed by atoms with van der Waals surface area (Å²) >= 11 is 0. The minimum Gasteiger partial charge on any atom is -0.286 e. The molecule has 1 heterocycles. The van der Waals surface area contributed by atoms with Crippen molar-refractivity contribution in [1.82, 2.24) is 9.80 Å². The molecule has 1 aromatic carbocycles. The largest absolute Gasteiger partial charge is 0.286 e. The highest BCUT2D eigenvalue weighted by Crippen LogP contribution is 2.28. The molecular weight excluding hydrogens is 172 g/mol. The van der Waals surface area contributed by atoms with E-state index in [0.29, 0.717) is 6.17 Å². The van der Waals surface area contributed by atoms with Gasteiger partial charge in [-0.15, -0.1) is 0 Å². The first kappa shape index (κ1) is 9.69. The van der Waals surface area contributed by atoms with Gasteiger partial charge in [-0.2, -0.15) is 0 Å². The average molecular weight is 190 g/mol. The molecule has 0 spiro atoms. The van der Waals surface area contributed by atoms with E-state index in [1.807, 2.05) is 0 Å². The molecule has 0 amide bonds. The van der Waals surface area contributed by atoms with E-state index in [2.05, 4.69) is 55.1 Å². The summed E-state index contributed by atoms with van der Waals surface area (Å²) in [4.78, 5) is 4.81. The highest BCUT2D eigenvalue weighted by molar-refractivity contribution is 5.28. The highest BCUT2D eigenvalue weighted by atomic mass is 15.4. The lowest BCUT2D eigenvalue weighted by Gasteiger charge is -2.26. The number of hydrogen-bond donors (Lipinski definition) is 0. The molecule has 0 bridgehead atoms. The van der Waals surface area contributed by atoms with E-state index in [1.165, 1.54) is 11.1 Å². The Balaban J connectivity index is 2.34. The smallest absolute Gasteiger partial charge is 0.0884 e. The van der Waals surface area contributed by atoms with Crippen LogP contribution in [0.3, 0.4) is 0 Å². The molecule has 1 aromatic rings. The Morgan fingerprint density at radius 1 is 1.07 bits per heavy atom. The van der Waals surface area contributed by atoms with Crippen LogP contribution in [-0.4, -0.2) is 37.0 Å². The predicted octanol–water partition coefficient (Wildman–Crippen LogP) is 1.87. The molecule has 0 aromatic heterocycles. The maximum atomic E-state index is 2.41. The Morgan fingerprint density at radius 2 is 1.64 bits per heavy atom. The van der Waals surface area contributed by atoms with Gasteiger partial charge in [0.25, 0.3) is 0 Å². The van der Waals surface area contributed by atoms with Crippen LogP contribution < -0.4 is 0 Å². The minimum absolute atomic E-state index is 0.469. The van der Waals surface area contributed by atoms with Gasteiger partial charge in [0.15, 0.2) is 0 Å². The first-order chi connectivity index (χ1) is 6.70. The zero-order chi connectivity index (χ0) is 10.1. The second kappa shape index (κ2) is 3.71. The van der Waals surface area contributed by atoms with Gasteiger partial charge >= 0.3 is 0 Å². The number of likely N-dealkylation sites (N-methyl/N-ethyl adjacent to an activating group) is 2. The van der Waals surface area contributed by atoms with E-state index < -0.39 is 0 Å². The van der Waals surface area contributed by atoms with Gasteiger partial charge in [-0.1, -0.05) is 24.3 Å². The summed E-state index contributed by atoms with van der Waals surface area (Å²) in [6.07, 6.45) is 0.469. The van der Waals surface area contributed by atoms with Crippen molar-refractivity contribution in [3.8, 4) is 0 Å². The van der Waals surface area contributed by atoms with Crippen molar-refractivity contribution < 1.29 is 0 Å². The van der Waals surface area contributed by atoms with Gasteiger partial charge in [0.2, 0.25) is 0 Å². The summed E-state index contributed by atoms with van der Waals surface area (Å²) in [5, 5.41) is 0. The van der Waals surface area contributed by atoms with Crippen molar-refractivity contribution >= 4 is 0 Å². The van der Waals surface area contributed by atoms with E-state index in [9.17, 15) is 0 Å². The van der Waals surface area contributed by atoms with Gasteiger partial charge in [0.1, 0.15) is 0 Å². The molecular formula is C12H18N2. The Morgan fingerprint density at radius 3 is 2.21 bits per heavy atom. The van der Waals surface area contributed by atoms with E-state index >= 15 is 0 Å². The minimum atomic E-state index is 0.469. The molecule has 1 fully saturated rings. The highest BCUT2D eigenvalue weighted by Gasteiger charge is 2.28. The molecule has 76 valence electrons. The second-order valence-electron chi connectivity index (χ2n) is 4.19. The van der Waals surface area contributed by atoms with Gasteiger partial charge in [0, 0.05) is 13.1 Å². The number of benzene rings is 1. The Bertz CT molecular complexity index is 312. The third-order valence-corrected chi connectivity index (χ3v) is 3.11. The predicted molar refractivity (Wildman–Crippen MR) is 59.2 cm³/mol. The number of rotatable bonds is 1. The zero-order valence-electron chi connectivity index (χ0n) is 9.20. The van der Waals surface area contributed by atoms with Crippen molar-refractivity contribution in [2.75, 3.05) is 27.2 Å². The number of nitrogens with zero attached hydrogens (tertiary/aromatic N) is 2. The molecule has 2 heteroatoms. The van der Waals surface area contributed by atoms with Crippen LogP contribution >= 0.6 is 0 Å². The van der Waals surface area contributed by atoms with Crippen LogP contribution in [0.2, 0.25) is 0 Å². The SMILES string of the molecule is Cc1ccccc1C1N(C)CCN1C. The molecule has 14 heavy (non-hydrogen) atoms. The normalized spacial score (nSPS) is 20.5. The van der Waals surface area contributed by atoms with E-state index in [1.54, 1.807) is 0 Å². The molecule has 2 rings (SSSR count). The molecule has 0 unspecified atom stereocenters. The molecule has 0 radical (unpaired) electrons. The van der Waals surface area contributed by atoms with Crippen LogP contribution in [-0.2, 0) is 0 Å². The van der Waals surface area contributed by atoms with Crippen LogP contribution in [0.15, 0.2) is 24.3 Å². The fraction of sp³-hybridized carbons (Fsp3) is 0.500. The van der Waals surface area contributed by atoms with Crippen LogP contribution in [0, 0.1) is 6.92 Å². The van der Waals surface area contributed by atoms with Crippen molar-refractivity contribution in [2.45, 2.75) is 13.1 Å². The Labute approximate surface area is 86.1 Å². The van der Waals surface area contributed by atoms with Gasteiger partial charge < -0.3 is 0 Å². The van der Waals surface area contributed by atoms with Crippen molar-refractivity contribution in [2.24, 2.45) is 0 Å². The van der Waals surface area contributed by atoms with E-state index in [-0.39, 0.29) is 0 Å². The fourth-order valence-electron chi connectivity index (χ4n) is 2.25. The first-order valence-corrected chi connectivity index (χ1v) is 5.16. The standard InChI is InChI=1S/C12H18N2/c1-10-6-4-5-7-11(10)12-13(2)8-9-14(12)3/h4-7,12H,8-9H2,1-3H3. The monoisotopic (exact) mass is 190 g/mol. The number of aryl methyl sites for hydroxylation is 1. The molecule has 1 aliphatic rings. The van der Waals surface area contributed by atoms with Crippen LogP contribution in [0.1, 0.15) is 17.3 Å². The lowest BCUT2D eigenvalue weighted by atomic mass is 10.1. The Hall–Kier alpha value is -0.860. The van der Waals surface area contributed by atoms with Crippen LogP contribution in [0.4, 0.5) is 0 Å². The summed E-state index contributed by atoms with van der Waals surface area (Å²) < 4.78 is 0. The first-order valence-electron chi connectivity index (χ1n) is 5.16. The molecule has 0 saturated carbocycles. The molecule has 2 nitrogen and oxygen atoms in total. The topological polar surface area (TPSA) is 6.48 Å². The van der Waals surface area contributed by atoms with Crippen molar-refractivity contribution in [3.05, 3.63) is 35.4 Å². The Kier molecular flexibility index (Phi) is 2.57. The van der Waals surface area contributed by atoms with Gasteiger partial charge in [-0.25, -0.2) is 0 Å². The van der Waals surface area contributed by atoms with E-state index in [0.717, 1.165) is 13.1 Å². The van der Waals surface area contributed by atoms with Crippen molar-refractivity contribution in [1.29, 1.82) is 0 Å². The summed E-state index contributed by atoms with van der Waals surface area (Å²) in [6.45, 7) is 4.51. The third kappa shape index (κ3) is 1.56. The molecule has 1 aliphatic heterocycles. The van der Waals surface area contributed by atoms with Gasteiger partial charge in [0.05, 0.1) is 6.17 Å². The molecule has 0 aliphatic carbocycles. The van der Waals surface area contributed by atoms with Gasteiger partial charge in [-0.3, -0.25) is 9.80 Å². The van der Waals surface area contributed by atoms with E-state index in [4.69, 9.17) is 0 Å². The zero-order valence-corrected chi connectivity index (χ0v) is 9.20. The third-order valence-electron chi connectivity index (χ3n) is 3.11. The second-order valence-corrected chi connectivity index (χ2v) is 4.19.